The molecular weight excluding hydrogens is 392 g/mol. The zero-order valence-electron chi connectivity index (χ0n) is 15.6. The number of anilines is 2. The maximum atomic E-state index is 12.8. The lowest BCUT2D eigenvalue weighted by atomic mass is 10.1. The lowest BCUT2D eigenvalue weighted by molar-refractivity contribution is 0.0961. The molecule has 0 saturated heterocycles. The Kier molecular flexibility index (Phi) is 4.71. The maximum absolute atomic E-state index is 12.8. The number of Topliss-reactive ketones (excluding diaryl/α,β-unsaturated/α-hetero) is 1. The maximum Gasteiger partial charge on any atom is 0.293 e. The van der Waals surface area contributed by atoms with Crippen LogP contribution in [0.25, 0.3) is 0 Å². The van der Waals surface area contributed by atoms with Crippen molar-refractivity contribution in [2.45, 2.75) is 18.2 Å². The molecule has 148 valence electrons. The number of hydrogen-bond donors (Lipinski definition) is 1. The molecule has 3 aromatic rings. The number of ketones is 1. The van der Waals surface area contributed by atoms with Crippen LogP contribution in [0.3, 0.4) is 0 Å². The van der Waals surface area contributed by atoms with E-state index in [2.05, 4.69) is 4.72 Å². The fraction of sp³-hybridized carbons (Fsp3) is 0.143. The molecule has 0 saturated carbocycles. The predicted molar refractivity (Wildman–Crippen MR) is 108 cm³/mol. The minimum Gasteiger partial charge on any atom is -0.459 e. The smallest absolute Gasteiger partial charge is 0.293 e. The summed E-state index contributed by atoms with van der Waals surface area (Å²) in [5.41, 5.74) is 2.24. The first-order valence-corrected chi connectivity index (χ1v) is 10.5. The molecule has 0 aliphatic carbocycles. The van der Waals surface area contributed by atoms with Crippen LogP contribution in [-0.4, -0.2) is 26.7 Å². The molecule has 2 heterocycles. The second-order valence-corrected chi connectivity index (χ2v) is 8.40. The molecule has 1 amide bonds. The summed E-state index contributed by atoms with van der Waals surface area (Å²) in [5.74, 6) is -0.264. The van der Waals surface area contributed by atoms with Crippen LogP contribution in [0.4, 0.5) is 11.4 Å². The number of carbonyl (C=O) groups excluding carboxylic acids is 2. The lowest BCUT2D eigenvalue weighted by Crippen LogP contribution is -2.28. The van der Waals surface area contributed by atoms with Gasteiger partial charge in [-0.05, 0) is 55.3 Å². The number of benzene rings is 2. The van der Waals surface area contributed by atoms with Crippen molar-refractivity contribution in [1.29, 1.82) is 0 Å². The van der Waals surface area contributed by atoms with E-state index >= 15 is 0 Å². The second-order valence-electron chi connectivity index (χ2n) is 6.72. The molecule has 29 heavy (non-hydrogen) atoms. The number of nitrogens with one attached hydrogen (secondary N) is 1. The van der Waals surface area contributed by atoms with E-state index in [9.17, 15) is 18.0 Å². The van der Waals surface area contributed by atoms with Gasteiger partial charge < -0.3 is 9.32 Å². The number of furan rings is 1. The Bertz CT molecular complexity index is 1200. The van der Waals surface area contributed by atoms with Crippen molar-refractivity contribution in [3.05, 3.63) is 77.7 Å². The summed E-state index contributed by atoms with van der Waals surface area (Å²) >= 11 is 0. The fourth-order valence-electron chi connectivity index (χ4n) is 3.28. The van der Waals surface area contributed by atoms with Crippen molar-refractivity contribution in [3.63, 3.8) is 0 Å². The van der Waals surface area contributed by atoms with Crippen molar-refractivity contribution < 1.29 is 22.4 Å². The van der Waals surface area contributed by atoms with E-state index in [0.717, 1.165) is 5.56 Å². The molecule has 1 N–H and O–H groups in total. The van der Waals surface area contributed by atoms with Gasteiger partial charge in [-0.1, -0.05) is 18.2 Å². The first kappa shape index (κ1) is 18.9. The Hall–Kier alpha value is -3.39. The van der Waals surface area contributed by atoms with Crippen molar-refractivity contribution >= 4 is 33.1 Å². The summed E-state index contributed by atoms with van der Waals surface area (Å²) in [5, 5.41) is 0. The van der Waals surface area contributed by atoms with Gasteiger partial charge in [0.1, 0.15) is 0 Å². The van der Waals surface area contributed by atoms with Gasteiger partial charge in [0, 0.05) is 17.8 Å². The van der Waals surface area contributed by atoms with Crippen molar-refractivity contribution in [1.82, 2.24) is 0 Å². The molecule has 1 aliphatic heterocycles. The number of fused-ring (bicyclic) bond motifs is 1. The molecule has 0 bridgehead atoms. The van der Waals surface area contributed by atoms with Crippen LogP contribution >= 0.6 is 0 Å². The summed E-state index contributed by atoms with van der Waals surface area (Å²) in [6, 6.07) is 14.2. The predicted octanol–water partition coefficient (Wildman–Crippen LogP) is 3.49. The Morgan fingerprint density at radius 2 is 1.90 bits per heavy atom. The summed E-state index contributed by atoms with van der Waals surface area (Å²) in [4.78, 5) is 25.8. The Morgan fingerprint density at radius 3 is 2.62 bits per heavy atom. The quantitative estimate of drug-likeness (QED) is 0.650. The molecule has 2 aromatic carbocycles. The van der Waals surface area contributed by atoms with Crippen LogP contribution < -0.4 is 9.62 Å². The van der Waals surface area contributed by atoms with Gasteiger partial charge in [-0.25, -0.2) is 8.42 Å². The summed E-state index contributed by atoms with van der Waals surface area (Å²) < 4.78 is 33.2. The average molecular weight is 410 g/mol. The molecule has 0 unspecified atom stereocenters. The highest BCUT2D eigenvalue weighted by Crippen LogP contribution is 2.33. The summed E-state index contributed by atoms with van der Waals surface area (Å²) in [6.07, 6.45) is 2.11. The number of carbonyl (C=O) groups is 2. The fourth-order valence-corrected chi connectivity index (χ4v) is 4.38. The van der Waals surface area contributed by atoms with Gasteiger partial charge in [-0.3, -0.25) is 14.3 Å². The van der Waals surface area contributed by atoms with Gasteiger partial charge in [-0.15, -0.1) is 0 Å². The molecule has 0 fully saturated rings. The first-order valence-electron chi connectivity index (χ1n) is 8.97. The molecule has 0 atom stereocenters. The van der Waals surface area contributed by atoms with Gasteiger partial charge >= 0.3 is 0 Å². The van der Waals surface area contributed by atoms with E-state index in [0.29, 0.717) is 29.9 Å². The van der Waals surface area contributed by atoms with Gasteiger partial charge in [-0.2, -0.15) is 0 Å². The number of nitrogens with zero attached hydrogens (tertiary/aromatic N) is 1. The van der Waals surface area contributed by atoms with Crippen LogP contribution in [-0.2, 0) is 16.4 Å². The van der Waals surface area contributed by atoms with Crippen LogP contribution in [0, 0.1) is 0 Å². The largest absolute Gasteiger partial charge is 0.459 e. The zero-order valence-corrected chi connectivity index (χ0v) is 16.4. The zero-order chi connectivity index (χ0) is 20.6. The van der Waals surface area contributed by atoms with E-state index in [-0.39, 0.29) is 22.3 Å². The van der Waals surface area contributed by atoms with Crippen molar-refractivity contribution in [3.8, 4) is 0 Å². The third-order valence-electron chi connectivity index (χ3n) is 4.76. The molecule has 7 nitrogen and oxygen atoms in total. The Labute approximate surface area is 168 Å². The van der Waals surface area contributed by atoms with Gasteiger partial charge in [0.25, 0.3) is 15.9 Å². The summed E-state index contributed by atoms with van der Waals surface area (Å²) in [7, 11) is -3.89. The highest BCUT2D eigenvalue weighted by Gasteiger charge is 2.28. The standard InChI is InChI=1S/C21H18N2O5S/c1-14(24)16-4-2-5-18(12-16)29(26,27)22-17-8-7-15-9-10-23(19(15)13-17)21(25)20-6-3-11-28-20/h2-8,11-13,22H,9-10H2,1H3. The lowest BCUT2D eigenvalue weighted by Gasteiger charge is -2.17. The second kappa shape index (κ2) is 7.21. The van der Waals surface area contributed by atoms with E-state index in [1.165, 1.54) is 31.4 Å². The normalized spacial score (nSPS) is 13.2. The van der Waals surface area contributed by atoms with E-state index in [1.54, 1.807) is 41.3 Å². The number of hydrogen-bond acceptors (Lipinski definition) is 5. The summed E-state index contributed by atoms with van der Waals surface area (Å²) in [6.45, 7) is 1.87. The average Bonchev–Trinajstić information content (AvgIpc) is 3.37. The van der Waals surface area contributed by atoms with Gasteiger partial charge in [0.2, 0.25) is 0 Å². The molecule has 1 aromatic heterocycles. The molecule has 1 aliphatic rings. The number of rotatable bonds is 5. The van der Waals surface area contributed by atoms with E-state index in [4.69, 9.17) is 4.42 Å². The molecular formula is C21H18N2O5S. The Balaban J connectivity index is 1.63. The SMILES string of the molecule is CC(=O)c1cccc(S(=O)(=O)Nc2ccc3c(c2)N(C(=O)c2ccco2)CC3)c1. The monoisotopic (exact) mass is 410 g/mol. The third kappa shape index (κ3) is 3.66. The third-order valence-corrected chi connectivity index (χ3v) is 6.14. The van der Waals surface area contributed by atoms with Crippen LogP contribution in [0.5, 0.6) is 0 Å². The van der Waals surface area contributed by atoms with Crippen molar-refractivity contribution in [2.24, 2.45) is 0 Å². The molecule has 8 heteroatoms. The van der Waals surface area contributed by atoms with E-state index < -0.39 is 10.0 Å². The number of sulfonamides is 1. The topological polar surface area (TPSA) is 96.7 Å². The first-order chi connectivity index (χ1) is 13.8. The van der Waals surface area contributed by atoms with Crippen molar-refractivity contribution in [2.75, 3.05) is 16.2 Å². The Morgan fingerprint density at radius 1 is 1.07 bits per heavy atom. The van der Waals surface area contributed by atoms with Crippen LogP contribution in [0.2, 0.25) is 0 Å². The van der Waals surface area contributed by atoms with Crippen LogP contribution in [0.1, 0.15) is 33.4 Å². The molecule has 0 radical (unpaired) electrons. The van der Waals surface area contributed by atoms with Gasteiger partial charge in [0.05, 0.1) is 16.8 Å². The molecule has 4 rings (SSSR count). The van der Waals surface area contributed by atoms with Crippen LogP contribution in [0.15, 0.2) is 70.2 Å². The highest BCUT2D eigenvalue weighted by atomic mass is 32.2. The highest BCUT2D eigenvalue weighted by molar-refractivity contribution is 7.92. The number of amides is 1. The van der Waals surface area contributed by atoms with E-state index in [1.807, 2.05) is 0 Å². The van der Waals surface area contributed by atoms with Gasteiger partial charge in [0.15, 0.2) is 11.5 Å². The minimum absolute atomic E-state index is 0.00536. The minimum atomic E-state index is -3.89. The molecule has 0 spiro atoms.